The molecule has 0 unspecified atom stereocenters. The van der Waals surface area contributed by atoms with Crippen molar-refractivity contribution in [2.75, 3.05) is 46.4 Å². The fourth-order valence-electron chi connectivity index (χ4n) is 10.6. The Kier molecular flexibility index (Phi) is 20.8. The van der Waals surface area contributed by atoms with E-state index in [1.807, 2.05) is 54.4 Å². The summed E-state index contributed by atoms with van der Waals surface area (Å²) < 4.78 is 31.3. The molecule has 2 amide bonds. The molecule has 3 aromatic rings. The Morgan fingerprint density at radius 3 is 2.28 bits per heavy atom. The third kappa shape index (κ3) is 13.7. The first-order chi connectivity index (χ1) is 33.7. The van der Waals surface area contributed by atoms with Gasteiger partial charge in [0.15, 0.2) is 0 Å². The number of amides is 2. The summed E-state index contributed by atoms with van der Waals surface area (Å²) in [4.78, 5) is 36.2. The Morgan fingerprint density at radius 1 is 0.870 bits per heavy atom. The molecule has 0 saturated heterocycles. The van der Waals surface area contributed by atoms with Crippen LogP contribution in [0, 0.1) is 17.8 Å². The number of fused-ring (bicyclic) bond motifs is 2. The van der Waals surface area contributed by atoms with Gasteiger partial charge in [0, 0.05) is 50.7 Å². The van der Waals surface area contributed by atoms with Crippen LogP contribution in [-0.4, -0.2) is 85.7 Å². The molecule has 0 spiro atoms. The number of likely N-dealkylation sites (N-methyl/N-ethyl adjacent to an activating group) is 1. The van der Waals surface area contributed by atoms with E-state index in [0.717, 1.165) is 67.4 Å². The number of hydrogen-bond donors (Lipinski definition) is 3. The number of ether oxygens (including phenoxy) is 5. The molecule has 6 rings (SSSR count). The van der Waals surface area contributed by atoms with Gasteiger partial charge in [-0.25, -0.2) is 4.79 Å². The number of carbonyl (C=O) groups is 2. The number of anilines is 1. The molecule has 69 heavy (non-hydrogen) atoms. The molecule has 0 bridgehead atoms. The number of hydrogen-bond acceptors (Lipinski definition) is 11. The highest BCUT2D eigenvalue weighted by molar-refractivity contribution is 6.03. The van der Waals surface area contributed by atoms with Crippen molar-refractivity contribution >= 4 is 23.4 Å². The Hall–Kier alpha value is -5.37. The second-order valence-electron chi connectivity index (χ2n) is 18.7. The van der Waals surface area contributed by atoms with Crippen LogP contribution in [0.4, 0.5) is 10.5 Å². The Balaban J connectivity index is 1.42. The number of methoxy groups -OCH3 is 2. The lowest BCUT2D eigenvalue weighted by atomic mass is 9.55. The third-order valence-electron chi connectivity index (χ3n) is 14.1. The number of aliphatic hydroxyl groups excluding tert-OH is 2. The van der Waals surface area contributed by atoms with Crippen molar-refractivity contribution in [2.45, 2.75) is 140 Å². The molecule has 1 aliphatic heterocycles. The molecule has 1 fully saturated rings. The van der Waals surface area contributed by atoms with Crippen molar-refractivity contribution < 1.29 is 48.3 Å². The molecule has 13 heteroatoms. The van der Waals surface area contributed by atoms with Gasteiger partial charge in [0.1, 0.15) is 35.6 Å². The minimum Gasteiger partial charge on any atom is -0.497 e. The Morgan fingerprint density at radius 2 is 1.58 bits per heavy atom. The lowest BCUT2D eigenvalue weighted by Crippen LogP contribution is -2.69. The van der Waals surface area contributed by atoms with E-state index < -0.39 is 23.8 Å². The number of oxime groups is 1. The number of unbranched alkanes of at least 4 members (excludes halogenated alkanes) is 10. The first kappa shape index (κ1) is 53.0. The van der Waals surface area contributed by atoms with Gasteiger partial charge in [0.05, 0.1) is 38.1 Å². The first-order valence-electron chi connectivity index (χ1n) is 25.4. The van der Waals surface area contributed by atoms with Gasteiger partial charge in [0.25, 0.3) is 0 Å². The highest BCUT2D eigenvalue weighted by Crippen LogP contribution is 2.62. The van der Waals surface area contributed by atoms with Gasteiger partial charge >= 0.3 is 6.09 Å². The fourth-order valence-corrected chi connectivity index (χ4v) is 10.6. The summed E-state index contributed by atoms with van der Waals surface area (Å²) in [5.74, 6) is -0.252. The van der Waals surface area contributed by atoms with Crippen LogP contribution in [0.25, 0.3) is 0 Å². The van der Waals surface area contributed by atoms with E-state index in [1.54, 1.807) is 37.5 Å². The molecule has 0 radical (unpaired) electrons. The standard InChI is InChI=1S/C56H77N3O10/c1-6-8-9-10-11-12-13-14-18-27-52(62)59(3)51-38-48(58-67-39-40-23-16-15-17-24-40)45-35-41(25-19-21-32-60)44(26-20-22-33-61)53-46-36-43(29-31-49(46)69-56(51,54(45)53)66-34-7-2)68-55(63)57-47-30-28-42(64-4)37-50(47)65-5/h7,15-17,23-24,28-31,35-37,41,44,51,53-54,60-61H,2,6,8-14,18-22,25-27,32-34,38-39H2,1,3-5H3,(H,57,63)/t41-,44+,51-,53+,54+,56+/m0/s1. The minimum absolute atomic E-state index is 0.000738. The average molecular weight is 952 g/mol. The lowest BCUT2D eigenvalue weighted by molar-refractivity contribution is -0.255. The Bertz CT molecular complexity index is 2160. The molecular formula is C56H77N3O10. The number of nitrogens with one attached hydrogen (secondary N) is 1. The van der Waals surface area contributed by atoms with Gasteiger partial charge in [-0.15, -0.1) is 6.58 Å². The fraction of sp³-hybridized carbons (Fsp3) is 0.554. The lowest BCUT2D eigenvalue weighted by Gasteiger charge is -2.59. The van der Waals surface area contributed by atoms with Crippen molar-refractivity contribution in [3.8, 4) is 23.0 Å². The predicted octanol–water partition coefficient (Wildman–Crippen LogP) is 11.5. The van der Waals surface area contributed by atoms with Gasteiger partial charge in [0.2, 0.25) is 11.7 Å². The summed E-state index contributed by atoms with van der Waals surface area (Å²) in [5.41, 5.74) is 3.88. The minimum atomic E-state index is -1.38. The van der Waals surface area contributed by atoms with Crippen LogP contribution in [0.5, 0.6) is 23.0 Å². The van der Waals surface area contributed by atoms with Crippen LogP contribution < -0.4 is 24.3 Å². The summed E-state index contributed by atoms with van der Waals surface area (Å²) in [6, 6.07) is 19.8. The number of benzene rings is 3. The normalized spacial score (nSPS) is 21.8. The molecule has 3 N–H and O–H groups in total. The van der Waals surface area contributed by atoms with Gasteiger partial charge in [-0.3, -0.25) is 10.1 Å². The molecule has 6 atom stereocenters. The molecule has 3 aliphatic rings. The second kappa shape index (κ2) is 27.1. The number of rotatable bonds is 29. The van der Waals surface area contributed by atoms with Crippen molar-refractivity contribution in [1.82, 2.24) is 4.90 Å². The highest BCUT2D eigenvalue weighted by atomic mass is 16.7. The molecule has 3 aromatic carbocycles. The maximum atomic E-state index is 14.5. The van der Waals surface area contributed by atoms with Crippen molar-refractivity contribution in [3.63, 3.8) is 0 Å². The van der Waals surface area contributed by atoms with Crippen molar-refractivity contribution in [1.29, 1.82) is 0 Å². The summed E-state index contributed by atoms with van der Waals surface area (Å²) in [6.07, 6.45) is 18.8. The van der Waals surface area contributed by atoms with E-state index in [0.29, 0.717) is 54.4 Å². The van der Waals surface area contributed by atoms with Gasteiger partial charge < -0.3 is 43.6 Å². The van der Waals surface area contributed by atoms with E-state index in [1.165, 1.54) is 45.6 Å². The first-order valence-corrected chi connectivity index (χ1v) is 25.4. The quantitative estimate of drug-likeness (QED) is 0.0347. The zero-order valence-corrected chi connectivity index (χ0v) is 41.5. The maximum Gasteiger partial charge on any atom is 0.417 e. The topological polar surface area (TPSA) is 158 Å². The third-order valence-corrected chi connectivity index (χ3v) is 14.1. The number of carbonyl (C=O) groups excluding carboxylic acids is 2. The van der Waals surface area contributed by atoms with Crippen LogP contribution >= 0.6 is 0 Å². The van der Waals surface area contributed by atoms with Crippen LogP contribution in [0.15, 0.2) is 96.2 Å². The summed E-state index contributed by atoms with van der Waals surface area (Å²) in [7, 11) is 4.93. The molecule has 2 aliphatic carbocycles. The van der Waals surface area contributed by atoms with Crippen molar-refractivity contribution in [2.24, 2.45) is 22.9 Å². The van der Waals surface area contributed by atoms with Crippen LogP contribution in [0.2, 0.25) is 0 Å². The monoisotopic (exact) mass is 952 g/mol. The van der Waals surface area contributed by atoms with Crippen LogP contribution in [0.1, 0.15) is 133 Å². The molecule has 1 heterocycles. The molecule has 376 valence electrons. The highest BCUT2D eigenvalue weighted by Gasteiger charge is 2.65. The van der Waals surface area contributed by atoms with Gasteiger partial charge in [-0.05, 0) is 85.4 Å². The summed E-state index contributed by atoms with van der Waals surface area (Å²) in [5, 5.41) is 27.7. The van der Waals surface area contributed by atoms with E-state index >= 15 is 0 Å². The number of allylic oxidation sites excluding steroid dienone is 1. The zero-order valence-electron chi connectivity index (χ0n) is 41.5. The van der Waals surface area contributed by atoms with E-state index in [2.05, 4.69) is 24.9 Å². The second-order valence-corrected chi connectivity index (χ2v) is 18.7. The van der Waals surface area contributed by atoms with Gasteiger partial charge in [-0.2, -0.15) is 0 Å². The zero-order chi connectivity index (χ0) is 49.0. The molecule has 1 saturated carbocycles. The Labute approximate surface area is 410 Å². The average Bonchev–Trinajstić information content (AvgIpc) is 3.36. The van der Waals surface area contributed by atoms with E-state index in [4.69, 9.17) is 33.7 Å². The summed E-state index contributed by atoms with van der Waals surface area (Å²) in [6.45, 7) is 6.86. The van der Waals surface area contributed by atoms with E-state index in [-0.39, 0.29) is 50.1 Å². The number of aliphatic hydroxyl groups is 2. The van der Waals surface area contributed by atoms with E-state index in [9.17, 15) is 19.8 Å². The largest absolute Gasteiger partial charge is 0.497 e. The predicted molar refractivity (Wildman–Crippen MR) is 270 cm³/mol. The van der Waals surface area contributed by atoms with Crippen LogP contribution in [-0.2, 0) is 21.0 Å². The summed E-state index contributed by atoms with van der Waals surface area (Å²) >= 11 is 0. The molecular weight excluding hydrogens is 875 g/mol. The SMILES string of the molecule is C=CCO[C@@]12Oc3ccc(OC(=O)Nc4ccc(OC)cc4OC)cc3[C@H]3[C@H](CCCCO)[C@@H](CCCCO)C=C(C(=NOCc4ccccc4)C[C@@H]1N(C)C(=O)CCCCCCCCCCC)[C@H]32. The smallest absolute Gasteiger partial charge is 0.417 e. The molecule has 0 aromatic heterocycles. The maximum absolute atomic E-state index is 14.5. The van der Waals surface area contributed by atoms with Gasteiger partial charge in [-0.1, -0.05) is 119 Å². The molecule has 13 nitrogen and oxygen atoms in total. The van der Waals surface area contributed by atoms with Crippen LogP contribution in [0.3, 0.4) is 0 Å². The number of nitrogens with zero attached hydrogens (tertiary/aromatic N) is 2. The van der Waals surface area contributed by atoms with Crippen molar-refractivity contribution in [3.05, 3.63) is 102 Å².